The average molecular weight is 475 g/mol. The van der Waals surface area contributed by atoms with Crippen LogP contribution >= 0.6 is 46.7 Å². The van der Waals surface area contributed by atoms with Crippen LogP contribution in [0.5, 0.6) is 0 Å². The Kier molecular flexibility index (Phi) is 8.35. The van der Waals surface area contributed by atoms with Crippen LogP contribution in [0.3, 0.4) is 0 Å². The monoisotopic (exact) mass is 474 g/mol. The molecule has 0 spiro atoms. The van der Waals surface area contributed by atoms with Gasteiger partial charge in [-0.25, -0.2) is 4.98 Å². The van der Waals surface area contributed by atoms with E-state index in [1.165, 1.54) is 23.5 Å². The molecule has 29 heavy (non-hydrogen) atoms. The van der Waals surface area contributed by atoms with Gasteiger partial charge in [0.05, 0.1) is 20.0 Å². The van der Waals surface area contributed by atoms with Crippen molar-refractivity contribution < 1.29 is 9.72 Å². The van der Waals surface area contributed by atoms with Crippen molar-refractivity contribution in [2.45, 2.75) is 13.8 Å². The number of amides is 1. The Morgan fingerprint density at radius 1 is 1.17 bits per heavy atom. The number of aromatic nitrogens is 1. The molecule has 2 heterocycles. The number of halogens is 2. The molecule has 0 fully saturated rings. The predicted octanol–water partition coefficient (Wildman–Crippen LogP) is 5.33. The first-order chi connectivity index (χ1) is 13.4. The molecule has 11 heteroatoms. The molecular formula is C18H20Cl2N4O3S2. The average Bonchev–Trinajstić information content (AvgIpc) is 3.31. The highest BCUT2D eigenvalue weighted by Gasteiger charge is 2.25. The Bertz CT molecular complexity index is 1000. The Hall–Kier alpha value is -1.78. The molecular weight excluding hydrogens is 455 g/mol. The van der Waals surface area contributed by atoms with Crippen molar-refractivity contribution in [1.82, 2.24) is 9.88 Å². The summed E-state index contributed by atoms with van der Waals surface area (Å²) < 4.78 is 0.889. The number of carbonyl (C=O) groups excluding carboxylic acids is 1. The summed E-state index contributed by atoms with van der Waals surface area (Å²) in [5.74, 6) is -0.282. The number of carbonyl (C=O) groups is 1. The van der Waals surface area contributed by atoms with Crippen LogP contribution in [0.4, 0.5) is 10.1 Å². The van der Waals surface area contributed by atoms with Gasteiger partial charge in [0, 0.05) is 24.2 Å². The van der Waals surface area contributed by atoms with Gasteiger partial charge in [0.25, 0.3) is 5.91 Å². The van der Waals surface area contributed by atoms with Crippen LogP contribution in [0.1, 0.15) is 23.5 Å². The lowest BCUT2D eigenvalue weighted by molar-refractivity contribution is -0.380. The van der Waals surface area contributed by atoms with Gasteiger partial charge in [-0.15, -0.1) is 12.4 Å². The number of thiazole rings is 1. The van der Waals surface area contributed by atoms with E-state index in [4.69, 9.17) is 11.6 Å². The van der Waals surface area contributed by atoms with Gasteiger partial charge in [-0.2, -0.15) is 0 Å². The molecule has 0 aliphatic heterocycles. The molecule has 7 nitrogen and oxygen atoms in total. The molecule has 0 atom stereocenters. The first-order valence-corrected chi connectivity index (χ1v) is 10.8. The fourth-order valence-corrected chi connectivity index (χ4v) is 4.78. The van der Waals surface area contributed by atoms with E-state index in [0.717, 1.165) is 34.6 Å². The van der Waals surface area contributed by atoms with Crippen molar-refractivity contribution in [1.29, 1.82) is 0 Å². The zero-order valence-electron chi connectivity index (χ0n) is 15.8. The minimum atomic E-state index is -0.485. The topological polar surface area (TPSA) is 79.6 Å². The summed E-state index contributed by atoms with van der Waals surface area (Å²) in [4.78, 5) is 32.4. The Morgan fingerprint density at radius 3 is 2.52 bits per heavy atom. The van der Waals surface area contributed by atoms with Crippen molar-refractivity contribution in [3.63, 3.8) is 0 Å². The van der Waals surface area contributed by atoms with E-state index < -0.39 is 4.92 Å². The van der Waals surface area contributed by atoms with Crippen LogP contribution in [0.25, 0.3) is 10.2 Å². The fraction of sp³-hybridized carbons (Fsp3) is 0.333. The Morgan fingerprint density at radius 2 is 1.90 bits per heavy atom. The molecule has 0 saturated heterocycles. The number of nitrogens with zero attached hydrogens (tertiary/aromatic N) is 4. The standard InChI is InChI=1S/C18H19ClN4O3S2.ClH/c1-3-21(4-2)9-10-22(17(24)14-7-8-16(27-14)23(25)26)18-20-13-6-5-12(19)11-15(13)28-18;/h5-8,11H,3-4,9-10H2,1-2H3;1H. The highest BCUT2D eigenvalue weighted by atomic mass is 35.5. The van der Waals surface area contributed by atoms with E-state index in [1.807, 2.05) is 12.1 Å². The minimum absolute atomic E-state index is 0. The molecule has 3 aromatic rings. The lowest BCUT2D eigenvalue weighted by Crippen LogP contribution is -2.38. The summed E-state index contributed by atoms with van der Waals surface area (Å²) in [6.45, 7) is 7.01. The molecule has 0 unspecified atom stereocenters. The molecule has 0 N–H and O–H groups in total. The predicted molar refractivity (Wildman–Crippen MR) is 122 cm³/mol. The van der Waals surface area contributed by atoms with Gasteiger partial charge < -0.3 is 4.90 Å². The van der Waals surface area contributed by atoms with E-state index in [0.29, 0.717) is 28.1 Å². The minimum Gasteiger partial charge on any atom is -0.302 e. The van der Waals surface area contributed by atoms with Crippen LogP contribution in [0.2, 0.25) is 5.02 Å². The summed E-state index contributed by atoms with van der Waals surface area (Å²) in [5.41, 5.74) is 0.766. The van der Waals surface area contributed by atoms with Gasteiger partial charge >= 0.3 is 5.00 Å². The Balaban J connectivity index is 0.00000300. The molecule has 156 valence electrons. The molecule has 0 bridgehead atoms. The van der Waals surface area contributed by atoms with Gasteiger partial charge in [-0.3, -0.25) is 19.8 Å². The van der Waals surface area contributed by atoms with Gasteiger partial charge in [0.15, 0.2) is 5.13 Å². The number of benzene rings is 1. The quantitative estimate of drug-likeness (QED) is 0.325. The maximum Gasteiger partial charge on any atom is 0.324 e. The second kappa shape index (κ2) is 10.3. The summed E-state index contributed by atoms with van der Waals surface area (Å²) in [6.07, 6.45) is 0. The molecule has 1 amide bonds. The van der Waals surface area contributed by atoms with Crippen molar-refractivity contribution in [2.75, 3.05) is 31.1 Å². The van der Waals surface area contributed by atoms with Gasteiger partial charge in [0.2, 0.25) is 0 Å². The normalized spacial score (nSPS) is 10.9. The van der Waals surface area contributed by atoms with Gasteiger partial charge in [-0.1, -0.05) is 48.1 Å². The number of thiophene rings is 1. The molecule has 2 aromatic heterocycles. The van der Waals surface area contributed by atoms with E-state index >= 15 is 0 Å². The lowest BCUT2D eigenvalue weighted by Gasteiger charge is -2.24. The van der Waals surface area contributed by atoms with Crippen molar-refractivity contribution in [3.05, 3.63) is 50.3 Å². The molecule has 0 saturated carbocycles. The summed E-state index contributed by atoms with van der Waals surface area (Å²) in [5, 5.41) is 12.1. The Labute approximate surface area is 187 Å². The zero-order chi connectivity index (χ0) is 20.3. The maximum absolute atomic E-state index is 13.2. The number of anilines is 1. The third kappa shape index (κ3) is 5.43. The summed E-state index contributed by atoms with van der Waals surface area (Å²) in [6, 6.07) is 8.26. The molecule has 1 aromatic carbocycles. The molecule has 0 aliphatic carbocycles. The van der Waals surface area contributed by atoms with E-state index in [2.05, 4.69) is 23.7 Å². The zero-order valence-corrected chi connectivity index (χ0v) is 19.0. The number of likely N-dealkylation sites (N-methyl/N-ethyl adjacent to an activating group) is 1. The van der Waals surface area contributed by atoms with Crippen molar-refractivity contribution >= 4 is 72.9 Å². The number of nitro groups is 1. The third-order valence-corrected chi connectivity index (χ3v) is 6.63. The fourth-order valence-electron chi connectivity index (χ4n) is 2.74. The van der Waals surface area contributed by atoms with Crippen LogP contribution in [0, 0.1) is 10.1 Å². The van der Waals surface area contributed by atoms with E-state index in [1.54, 1.807) is 11.0 Å². The van der Waals surface area contributed by atoms with Crippen molar-refractivity contribution in [2.24, 2.45) is 0 Å². The number of hydrogen-bond donors (Lipinski definition) is 0. The van der Waals surface area contributed by atoms with Gasteiger partial charge in [0.1, 0.15) is 0 Å². The smallest absolute Gasteiger partial charge is 0.302 e. The molecule has 0 aliphatic rings. The van der Waals surface area contributed by atoms with Gasteiger partial charge in [-0.05, 0) is 37.4 Å². The lowest BCUT2D eigenvalue weighted by atomic mass is 10.3. The van der Waals surface area contributed by atoms with Crippen molar-refractivity contribution in [3.8, 4) is 0 Å². The second-order valence-corrected chi connectivity index (χ2v) is 8.49. The summed E-state index contributed by atoms with van der Waals surface area (Å²) >= 11 is 8.33. The molecule has 0 radical (unpaired) electrons. The van der Waals surface area contributed by atoms with Crippen LogP contribution < -0.4 is 4.90 Å². The van der Waals surface area contributed by atoms with Crippen LogP contribution in [-0.2, 0) is 0 Å². The highest BCUT2D eigenvalue weighted by Crippen LogP contribution is 2.33. The number of rotatable bonds is 8. The first kappa shape index (κ1) is 23.5. The van der Waals surface area contributed by atoms with E-state index in [-0.39, 0.29) is 23.3 Å². The second-order valence-electron chi connectivity index (χ2n) is 5.99. The van der Waals surface area contributed by atoms with Crippen LogP contribution in [-0.4, -0.2) is 46.9 Å². The van der Waals surface area contributed by atoms with Crippen LogP contribution in [0.15, 0.2) is 30.3 Å². The van der Waals surface area contributed by atoms with E-state index in [9.17, 15) is 14.9 Å². The number of fused-ring (bicyclic) bond motifs is 1. The largest absolute Gasteiger partial charge is 0.324 e. The maximum atomic E-state index is 13.2. The number of hydrogen-bond acceptors (Lipinski definition) is 7. The summed E-state index contributed by atoms with van der Waals surface area (Å²) in [7, 11) is 0. The SMILES string of the molecule is CCN(CC)CCN(C(=O)c1ccc([N+](=O)[O-])s1)c1nc2ccc(Cl)cc2s1.Cl. The molecule has 3 rings (SSSR count). The highest BCUT2D eigenvalue weighted by molar-refractivity contribution is 7.22. The first-order valence-electron chi connectivity index (χ1n) is 8.77. The third-order valence-electron chi connectivity index (χ3n) is 4.33.